The van der Waals surface area contributed by atoms with Crippen molar-refractivity contribution in [1.29, 1.82) is 0 Å². The molecule has 0 saturated carbocycles. The van der Waals surface area contributed by atoms with E-state index in [0.717, 1.165) is 10.4 Å². The number of hydrogen-bond donors (Lipinski definition) is 0. The maximum Gasteiger partial charge on any atom is 0.416 e. The Kier molecular flexibility index (Phi) is 8.79. The Balaban J connectivity index is 1.20. The summed E-state index contributed by atoms with van der Waals surface area (Å²) in [6, 6.07) is 22.4. The Morgan fingerprint density at radius 1 is 0.938 bits per heavy atom. The lowest BCUT2D eigenvalue weighted by Crippen LogP contribution is -2.67. The minimum absolute atomic E-state index is 0.0478. The van der Waals surface area contributed by atoms with Crippen LogP contribution < -0.4 is 20.2 Å². The molecule has 3 aliphatic heterocycles. The van der Waals surface area contributed by atoms with E-state index in [9.17, 15) is 4.79 Å². The van der Waals surface area contributed by atoms with Crippen LogP contribution in [-0.2, 0) is 23.4 Å². The number of fused-ring (bicyclic) bond motifs is 1. The first-order chi connectivity index (χ1) is 23.1. The van der Waals surface area contributed by atoms with Crippen LogP contribution in [0.1, 0.15) is 46.5 Å². The van der Waals surface area contributed by atoms with Gasteiger partial charge in [-0.3, -0.25) is 4.90 Å². The normalized spacial score (nSPS) is 22.5. The predicted molar refractivity (Wildman–Crippen MR) is 182 cm³/mol. The van der Waals surface area contributed by atoms with Crippen LogP contribution >= 0.6 is 0 Å². The Hall–Kier alpha value is -3.81. The summed E-state index contributed by atoms with van der Waals surface area (Å²) in [4.78, 5) is 16.7. The molecule has 12 heteroatoms. The molecule has 0 spiro atoms. The first-order valence-electron chi connectivity index (χ1n) is 16.6. The Labute approximate surface area is 280 Å². The number of halogens is 1. The number of morpholine rings is 1. The molecule has 254 valence electrons. The summed E-state index contributed by atoms with van der Waals surface area (Å²) in [6.45, 7) is 12.6. The van der Waals surface area contributed by atoms with Crippen LogP contribution in [-0.4, -0.2) is 77.3 Å². The van der Waals surface area contributed by atoms with Gasteiger partial charge in [0.15, 0.2) is 17.9 Å². The van der Waals surface area contributed by atoms with Crippen molar-refractivity contribution in [2.45, 2.75) is 64.3 Å². The lowest BCUT2D eigenvalue weighted by molar-refractivity contribution is -0.0445. The van der Waals surface area contributed by atoms with Gasteiger partial charge in [-0.1, -0.05) is 86.6 Å². The minimum Gasteiger partial charge on any atom is -0.441 e. The predicted octanol–water partition coefficient (Wildman–Crippen LogP) is 5.53. The molecule has 1 aromatic heterocycles. The van der Waals surface area contributed by atoms with Crippen LogP contribution in [0, 0.1) is 5.82 Å². The van der Waals surface area contributed by atoms with Gasteiger partial charge in [0, 0.05) is 18.7 Å². The fraction of sp³-hybridized carbons (Fsp3) is 0.444. The first kappa shape index (κ1) is 32.7. The maximum absolute atomic E-state index is 16.5. The fourth-order valence-corrected chi connectivity index (χ4v) is 12.0. The summed E-state index contributed by atoms with van der Waals surface area (Å²) >= 11 is 0. The molecule has 4 aromatic rings. The summed E-state index contributed by atoms with van der Waals surface area (Å²) in [5.41, 5.74) is 0.801. The second-order valence-corrected chi connectivity index (χ2v) is 18.1. The van der Waals surface area contributed by atoms with E-state index in [1.54, 1.807) is 6.07 Å². The van der Waals surface area contributed by atoms with Crippen molar-refractivity contribution in [2.75, 3.05) is 49.3 Å². The van der Waals surface area contributed by atoms with E-state index in [4.69, 9.17) is 27.9 Å². The summed E-state index contributed by atoms with van der Waals surface area (Å²) in [5.74, 6) is -0.405. The summed E-state index contributed by atoms with van der Waals surface area (Å²) < 4.78 is 52.6. The van der Waals surface area contributed by atoms with Crippen LogP contribution in [0.15, 0.2) is 71.3 Å². The van der Waals surface area contributed by atoms with Gasteiger partial charge in [-0.15, -0.1) is 0 Å². The van der Waals surface area contributed by atoms with Crippen molar-refractivity contribution in [3.8, 4) is 0 Å². The Bertz CT molecular complexity index is 1710. The number of carbonyl (C=O) groups excluding carboxylic acids is 1. The van der Waals surface area contributed by atoms with Crippen molar-refractivity contribution in [3.05, 3.63) is 78.1 Å². The molecule has 1 amide bonds. The van der Waals surface area contributed by atoms with Gasteiger partial charge in [-0.25, -0.2) is 9.18 Å². The first-order valence-corrected chi connectivity index (χ1v) is 18.5. The second-order valence-electron chi connectivity index (χ2n) is 13.8. The maximum atomic E-state index is 16.5. The molecule has 0 radical (unpaired) electrons. The van der Waals surface area contributed by atoms with Gasteiger partial charge in [-0.05, 0) is 35.3 Å². The van der Waals surface area contributed by atoms with Crippen LogP contribution in [0.25, 0.3) is 11.0 Å². The van der Waals surface area contributed by atoms with Crippen molar-refractivity contribution in [1.82, 2.24) is 5.16 Å². The average Bonchev–Trinajstić information content (AvgIpc) is 3.82. The molecular formula is C36H42FN3O7Si. The topological polar surface area (TPSA) is 95.7 Å². The number of rotatable bonds is 8. The molecule has 3 atom stereocenters. The number of anilines is 2. The SMILES string of the molecule is C[C@@H]1CN(c2c(C3OCCO3)cc3c(N4CC(CO[Si](c5ccccc5)(c5ccccc5)C(C)(C)C)OC4=O)noc3c2F)C[C@@H](C)O1. The van der Waals surface area contributed by atoms with Gasteiger partial charge in [0.05, 0.1) is 49.6 Å². The van der Waals surface area contributed by atoms with Crippen molar-refractivity contribution < 1.29 is 37.1 Å². The van der Waals surface area contributed by atoms with E-state index in [1.165, 1.54) is 4.90 Å². The van der Waals surface area contributed by atoms with Crippen molar-refractivity contribution in [3.63, 3.8) is 0 Å². The van der Waals surface area contributed by atoms with Gasteiger partial charge < -0.3 is 32.8 Å². The van der Waals surface area contributed by atoms with E-state index >= 15 is 4.39 Å². The van der Waals surface area contributed by atoms with Gasteiger partial charge >= 0.3 is 6.09 Å². The lowest BCUT2D eigenvalue weighted by atomic mass is 10.0. The van der Waals surface area contributed by atoms with Gasteiger partial charge in [-0.2, -0.15) is 0 Å². The Morgan fingerprint density at radius 3 is 2.12 bits per heavy atom. The van der Waals surface area contributed by atoms with Gasteiger partial charge in [0.2, 0.25) is 5.58 Å². The summed E-state index contributed by atoms with van der Waals surface area (Å²) in [6.07, 6.45) is -2.17. The molecular weight excluding hydrogens is 633 g/mol. The van der Waals surface area contributed by atoms with Crippen molar-refractivity contribution in [2.24, 2.45) is 0 Å². The molecule has 48 heavy (non-hydrogen) atoms. The zero-order valence-corrected chi connectivity index (χ0v) is 29.0. The largest absolute Gasteiger partial charge is 0.441 e. The molecule has 4 heterocycles. The monoisotopic (exact) mass is 675 g/mol. The van der Waals surface area contributed by atoms with Crippen LogP contribution in [0.2, 0.25) is 5.04 Å². The molecule has 0 bridgehead atoms. The zero-order chi connectivity index (χ0) is 33.6. The number of ether oxygens (including phenoxy) is 4. The third kappa shape index (κ3) is 5.79. The number of amides is 1. The summed E-state index contributed by atoms with van der Waals surface area (Å²) in [5, 5.41) is 6.56. The summed E-state index contributed by atoms with van der Waals surface area (Å²) in [7, 11) is -2.87. The molecule has 3 aliphatic rings. The minimum atomic E-state index is -2.87. The molecule has 0 N–H and O–H groups in total. The Morgan fingerprint density at radius 2 is 1.54 bits per heavy atom. The molecule has 7 rings (SSSR count). The van der Waals surface area contributed by atoms with E-state index in [-0.39, 0.29) is 41.8 Å². The van der Waals surface area contributed by atoms with E-state index in [1.807, 2.05) is 55.1 Å². The van der Waals surface area contributed by atoms with Crippen LogP contribution in [0.5, 0.6) is 0 Å². The fourth-order valence-electron chi connectivity index (χ4n) is 7.39. The van der Waals surface area contributed by atoms with E-state index in [2.05, 4.69) is 50.2 Å². The average molecular weight is 676 g/mol. The van der Waals surface area contributed by atoms with Crippen LogP contribution in [0.4, 0.5) is 20.7 Å². The number of benzene rings is 3. The second kappa shape index (κ2) is 12.9. The molecule has 3 aromatic carbocycles. The van der Waals surface area contributed by atoms with Gasteiger partial charge in [0.25, 0.3) is 8.32 Å². The van der Waals surface area contributed by atoms with Gasteiger partial charge in [0.1, 0.15) is 6.10 Å². The molecule has 3 fully saturated rings. The number of cyclic esters (lactones) is 1. The lowest BCUT2D eigenvalue weighted by Gasteiger charge is -2.43. The number of hydrogen-bond acceptors (Lipinski definition) is 9. The highest BCUT2D eigenvalue weighted by molar-refractivity contribution is 6.99. The van der Waals surface area contributed by atoms with Crippen molar-refractivity contribution >= 4 is 47.3 Å². The molecule has 10 nitrogen and oxygen atoms in total. The molecule has 1 unspecified atom stereocenters. The highest BCUT2D eigenvalue weighted by atomic mass is 28.4. The van der Waals surface area contributed by atoms with E-state index < -0.39 is 32.6 Å². The standard InChI is InChI=1S/C36H42FN3O7Si/c1-23-19-39(20-24(2)45-23)31-28(34-42-16-17-43-34)18-29-32(30(31)37)47-38-33(29)40-21-25(46-35(40)41)22-44-48(36(3,4)5,26-12-8-6-9-13-26)27-14-10-7-11-15-27/h6-15,18,23-25,34H,16-17,19-22H2,1-5H3/t23-,24-,25?/m1/s1. The highest BCUT2D eigenvalue weighted by Gasteiger charge is 2.51. The quantitative estimate of drug-likeness (QED) is 0.224. The zero-order valence-electron chi connectivity index (χ0n) is 28.0. The highest BCUT2D eigenvalue weighted by Crippen LogP contribution is 2.43. The third-order valence-corrected chi connectivity index (χ3v) is 14.3. The number of carbonyl (C=O) groups is 1. The number of aromatic nitrogens is 1. The smallest absolute Gasteiger partial charge is 0.416 e. The molecule has 3 saturated heterocycles. The van der Waals surface area contributed by atoms with E-state index in [0.29, 0.717) is 42.9 Å². The number of nitrogens with zero attached hydrogens (tertiary/aromatic N) is 3. The third-order valence-electron chi connectivity index (χ3n) is 9.33. The molecule has 0 aliphatic carbocycles. The van der Waals surface area contributed by atoms with Crippen LogP contribution in [0.3, 0.4) is 0 Å².